The van der Waals surface area contributed by atoms with Gasteiger partial charge in [-0.3, -0.25) is 0 Å². The quantitative estimate of drug-likeness (QED) is 0.670. The van der Waals surface area contributed by atoms with Crippen LogP contribution in [0.3, 0.4) is 0 Å². The van der Waals surface area contributed by atoms with E-state index in [1.54, 1.807) is 0 Å². The highest BCUT2D eigenvalue weighted by Crippen LogP contribution is 2.23. The molecule has 0 aliphatic heterocycles. The Morgan fingerprint density at radius 2 is 1.75 bits per heavy atom. The fraction of sp³-hybridized carbons (Fsp3) is 0.579. The van der Waals surface area contributed by atoms with E-state index in [1.165, 1.54) is 17.5 Å². The number of nitrogens with one attached hydrogen (secondary N) is 1. The van der Waals surface area contributed by atoms with Gasteiger partial charge in [-0.05, 0) is 48.8 Å². The molecule has 0 spiro atoms. The van der Waals surface area contributed by atoms with Crippen LogP contribution in [0.5, 0.6) is 0 Å². The number of allylic oxidation sites excluding steroid dienone is 1. The fourth-order valence-corrected chi connectivity index (χ4v) is 2.34. The molecule has 1 heteroatoms. The van der Waals surface area contributed by atoms with E-state index in [1.807, 2.05) is 6.08 Å². The van der Waals surface area contributed by atoms with E-state index in [-0.39, 0.29) is 5.41 Å². The van der Waals surface area contributed by atoms with Crippen molar-refractivity contribution in [2.45, 2.75) is 58.9 Å². The smallest absolute Gasteiger partial charge is 0.0291 e. The molecule has 2 unspecified atom stereocenters. The van der Waals surface area contributed by atoms with Gasteiger partial charge in [-0.25, -0.2) is 0 Å². The molecule has 0 fully saturated rings. The van der Waals surface area contributed by atoms with E-state index in [4.69, 9.17) is 0 Å². The topological polar surface area (TPSA) is 12.0 Å². The largest absolute Gasteiger partial charge is 0.310 e. The van der Waals surface area contributed by atoms with Gasteiger partial charge >= 0.3 is 0 Å². The summed E-state index contributed by atoms with van der Waals surface area (Å²) in [5, 5.41) is 3.61. The second kappa shape index (κ2) is 7.64. The van der Waals surface area contributed by atoms with Gasteiger partial charge in [0.2, 0.25) is 0 Å². The van der Waals surface area contributed by atoms with Crippen molar-refractivity contribution in [2.24, 2.45) is 5.92 Å². The van der Waals surface area contributed by atoms with Crippen molar-refractivity contribution < 1.29 is 0 Å². The Morgan fingerprint density at radius 3 is 2.25 bits per heavy atom. The molecule has 0 aromatic heterocycles. The minimum atomic E-state index is 0.231. The summed E-state index contributed by atoms with van der Waals surface area (Å²) in [6, 6.07) is 9.44. The van der Waals surface area contributed by atoms with Gasteiger partial charge in [0.1, 0.15) is 0 Å². The van der Waals surface area contributed by atoms with E-state index >= 15 is 0 Å². The lowest BCUT2D eigenvalue weighted by atomic mass is 9.86. The molecule has 1 aromatic rings. The summed E-state index contributed by atoms with van der Waals surface area (Å²) in [4.78, 5) is 0. The van der Waals surface area contributed by atoms with Crippen LogP contribution in [0.1, 0.15) is 64.6 Å². The van der Waals surface area contributed by atoms with Crippen LogP contribution in [0.2, 0.25) is 0 Å². The number of benzene rings is 1. The fourth-order valence-electron chi connectivity index (χ4n) is 2.34. The highest BCUT2D eigenvalue weighted by atomic mass is 14.9. The molecule has 0 heterocycles. The lowest BCUT2D eigenvalue weighted by Gasteiger charge is -2.21. The van der Waals surface area contributed by atoms with E-state index in [2.05, 4.69) is 70.8 Å². The van der Waals surface area contributed by atoms with Gasteiger partial charge in [-0.15, -0.1) is 6.58 Å². The summed E-state index contributed by atoms with van der Waals surface area (Å²) >= 11 is 0. The molecular formula is C19H31N. The highest BCUT2D eigenvalue weighted by molar-refractivity contribution is 5.28. The number of rotatable bonds is 7. The standard InChI is InChI=1S/C19H31N/c1-7-8-15(2)13-14-20-16(3)17-9-11-18(12-10-17)19(4,5)6/h7,9-12,15-16,20H,1,8,13-14H2,2-6H3. The van der Waals surface area contributed by atoms with Crippen molar-refractivity contribution in [1.29, 1.82) is 0 Å². The number of hydrogen-bond acceptors (Lipinski definition) is 1. The van der Waals surface area contributed by atoms with E-state index < -0.39 is 0 Å². The monoisotopic (exact) mass is 273 g/mol. The van der Waals surface area contributed by atoms with Crippen LogP contribution in [0.15, 0.2) is 36.9 Å². The minimum Gasteiger partial charge on any atom is -0.310 e. The van der Waals surface area contributed by atoms with Gasteiger partial charge in [-0.2, -0.15) is 0 Å². The summed E-state index contributed by atoms with van der Waals surface area (Å²) in [7, 11) is 0. The molecule has 20 heavy (non-hydrogen) atoms. The van der Waals surface area contributed by atoms with Gasteiger partial charge in [0.15, 0.2) is 0 Å². The normalized spacial score (nSPS) is 14.8. The van der Waals surface area contributed by atoms with Crippen molar-refractivity contribution in [1.82, 2.24) is 5.32 Å². The van der Waals surface area contributed by atoms with Gasteiger partial charge in [0, 0.05) is 6.04 Å². The van der Waals surface area contributed by atoms with Crippen LogP contribution in [0.4, 0.5) is 0 Å². The molecule has 0 bridgehead atoms. The Balaban J connectivity index is 2.47. The van der Waals surface area contributed by atoms with Gasteiger partial charge in [0.25, 0.3) is 0 Å². The van der Waals surface area contributed by atoms with Crippen molar-refractivity contribution in [3.05, 3.63) is 48.0 Å². The average molecular weight is 273 g/mol. The first-order chi connectivity index (χ1) is 9.34. The van der Waals surface area contributed by atoms with Gasteiger partial charge in [0.05, 0.1) is 0 Å². The first-order valence-corrected chi connectivity index (χ1v) is 7.79. The summed E-state index contributed by atoms with van der Waals surface area (Å²) in [5.74, 6) is 0.718. The van der Waals surface area contributed by atoms with Gasteiger partial charge < -0.3 is 5.32 Å². The molecule has 112 valence electrons. The summed E-state index contributed by atoms with van der Waals surface area (Å²) in [6.07, 6.45) is 4.33. The Labute approximate surface area is 125 Å². The molecule has 0 saturated heterocycles. The molecule has 1 aromatic carbocycles. The first-order valence-electron chi connectivity index (χ1n) is 7.79. The second-order valence-electron chi connectivity index (χ2n) is 6.97. The molecule has 1 N–H and O–H groups in total. The Bertz CT molecular complexity index is 397. The zero-order valence-corrected chi connectivity index (χ0v) is 13.9. The van der Waals surface area contributed by atoms with Crippen molar-refractivity contribution >= 4 is 0 Å². The van der Waals surface area contributed by atoms with E-state index in [0.717, 1.165) is 18.9 Å². The maximum absolute atomic E-state index is 3.80. The van der Waals surface area contributed by atoms with E-state index in [0.29, 0.717) is 6.04 Å². The third-order valence-corrected chi connectivity index (χ3v) is 3.93. The van der Waals surface area contributed by atoms with Crippen LogP contribution in [0.25, 0.3) is 0 Å². The molecule has 1 rings (SSSR count). The lowest BCUT2D eigenvalue weighted by molar-refractivity contribution is 0.476. The average Bonchev–Trinajstić information content (AvgIpc) is 2.38. The summed E-state index contributed by atoms with van der Waals surface area (Å²) in [5.41, 5.74) is 3.00. The Kier molecular flexibility index (Phi) is 6.48. The maximum atomic E-state index is 3.80. The van der Waals surface area contributed by atoms with Crippen LogP contribution in [0, 0.1) is 5.92 Å². The molecule has 0 aliphatic rings. The van der Waals surface area contributed by atoms with Crippen LogP contribution in [-0.4, -0.2) is 6.54 Å². The zero-order chi connectivity index (χ0) is 15.2. The summed E-state index contributed by atoms with van der Waals surface area (Å²) < 4.78 is 0. The van der Waals surface area contributed by atoms with Crippen molar-refractivity contribution in [3.8, 4) is 0 Å². The first kappa shape index (κ1) is 17.0. The van der Waals surface area contributed by atoms with Crippen molar-refractivity contribution in [2.75, 3.05) is 6.54 Å². The molecule has 2 atom stereocenters. The van der Waals surface area contributed by atoms with Crippen LogP contribution < -0.4 is 5.32 Å². The minimum absolute atomic E-state index is 0.231. The van der Waals surface area contributed by atoms with Crippen LogP contribution >= 0.6 is 0 Å². The SMILES string of the molecule is C=CCC(C)CCNC(C)c1ccc(C(C)(C)C)cc1. The Hall–Kier alpha value is -1.08. The zero-order valence-electron chi connectivity index (χ0n) is 13.9. The van der Waals surface area contributed by atoms with Gasteiger partial charge in [-0.1, -0.05) is 58.0 Å². The number of hydrogen-bond donors (Lipinski definition) is 1. The highest BCUT2D eigenvalue weighted by Gasteiger charge is 2.13. The molecule has 0 amide bonds. The predicted molar refractivity (Wildman–Crippen MR) is 90.2 cm³/mol. The maximum Gasteiger partial charge on any atom is 0.0291 e. The van der Waals surface area contributed by atoms with Crippen LogP contribution in [-0.2, 0) is 5.41 Å². The molecule has 0 saturated carbocycles. The van der Waals surface area contributed by atoms with E-state index in [9.17, 15) is 0 Å². The predicted octanol–water partition coefficient (Wildman–Crippen LogP) is 5.24. The second-order valence-corrected chi connectivity index (χ2v) is 6.97. The molecule has 0 aliphatic carbocycles. The third kappa shape index (κ3) is 5.50. The Morgan fingerprint density at radius 1 is 1.15 bits per heavy atom. The van der Waals surface area contributed by atoms with Crippen molar-refractivity contribution in [3.63, 3.8) is 0 Å². The molecule has 1 nitrogen and oxygen atoms in total. The lowest BCUT2D eigenvalue weighted by Crippen LogP contribution is -2.21. The summed E-state index contributed by atoms with van der Waals surface area (Å²) in [6.45, 7) is 16.2. The third-order valence-electron chi connectivity index (χ3n) is 3.93. The molecular weight excluding hydrogens is 242 g/mol. The molecule has 0 radical (unpaired) electrons.